The number of fused-ring (bicyclic) bond motifs is 1. The van der Waals surface area contributed by atoms with Crippen molar-refractivity contribution in [2.45, 2.75) is 44.2 Å². The number of hydrogen-bond donors (Lipinski definition) is 2. The molecule has 0 bridgehead atoms. The van der Waals surface area contributed by atoms with Crippen molar-refractivity contribution in [3.63, 3.8) is 0 Å². The van der Waals surface area contributed by atoms with Crippen molar-refractivity contribution in [1.82, 2.24) is 14.7 Å². The van der Waals surface area contributed by atoms with Gasteiger partial charge in [0, 0.05) is 0 Å². The second-order valence-electron chi connectivity index (χ2n) is 9.06. The maximum absolute atomic E-state index is 12.9. The van der Waals surface area contributed by atoms with Crippen molar-refractivity contribution in [3.05, 3.63) is 50.9 Å². The zero-order valence-corrected chi connectivity index (χ0v) is 22.0. The first kappa shape index (κ1) is 26.4. The Labute approximate surface area is 211 Å². The van der Waals surface area contributed by atoms with Crippen molar-refractivity contribution in [2.75, 3.05) is 19.8 Å². The van der Waals surface area contributed by atoms with E-state index in [-0.39, 0.29) is 33.8 Å². The average Bonchev–Trinajstić information content (AvgIpc) is 3.07. The predicted octanol–water partition coefficient (Wildman–Crippen LogP) is 1.57. The number of carbonyl (C=O) groups is 2. The molecule has 34 heavy (non-hydrogen) atoms. The predicted molar refractivity (Wildman–Crippen MR) is 130 cm³/mol. The summed E-state index contributed by atoms with van der Waals surface area (Å²) in [5, 5.41) is 14.8. The largest absolute Gasteiger partial charge is 0.444 e. The zero-order valence-electron chi connectivity index (χ0n) is 19.0. The summed E-state index contributed by atoms with van der Waals surface area (Å²) in [5.41, 5.74) is 4.12. The van der Waals surface area contributed by atoms with E-state index in [9.17, 15) is 23.1 Å². The van der Waals surface area contributed by atoms with E-state index in [1.807, 2.05) is 22.6 Å². The number of halogens is 1. The molecule has 1 aromatic carbocycles. The van der Waals surface area contributed by atoms with Gasteiger partial charge in [-0.05, 0) is 48.9 Å². The van der Waals surface area contributed by atoms with E-state index in [0.717, 1.165) is 0 Å². The van der Waals surface area contributed by atoms with Crippen LogP contribution in [0.4, 0.5) is 4.79 Å². The summed E-state index contributed by atoms with van der Waals surface area (Å²) in [4.78, 5) is 26.3. The molecule has 0 radical (unpaired) electrons. The standard InChI is InChI=1S/C21H27IN4O7S/c1-20(2,3)33-19(29)25-9-15-16(18(23)28)17(22)24-26(15)21(11-25,12-27)13-32-34(30,31)10-14-7-5-4-6-8-14/h4-8,27H,9-13H2,1-3H3,(H2,23,28). The Kier molecular flexibility index (Phi) is 7.60. The molecule has 3 N–H and O–H groups in total. The van der Waals surface area contributed by atoms with Crippen LogP contribution in [-0.2, 0) is 36.9 Å². The fourth-order valence-corrected chi connectivity index (χ4v) is 5.48. The monoisotopic (exact) mass is 606 g/mol. The second-order valence-corrected chi connectivity index (χ2v) is 11.7. The molecule has 11 nitrogen and oxygen atoms in total. The van der Waals surface area contributed by atoms with Crippen molar-refractivity contribution in [2.24, 2.45) is 5.73 Å². The van der Waals surface area contributed by atoms with Crippen LogP contribution in [-0.4, -0.2) is 65.6 Å². The Balaban J connectivity index is 1.97. The smallest absolute Gasteiger partial charge is 0.410 e. The maximum atomic E-state index is 12.9. The molecule has 0 fully saturated rings. The van der Waals surface area contributed by atoms with E-state index in [1.165, 1.54) is 9.58 Å². The highest BCUT2D eigenvalue weighted by molar-refractivity contribution is 14.1. The fourth-order valence-electron chi connectivity index (χ4n) is 3.61. The molecule has 1 aromatic heterocycles. The van der Waals surface area contributed by atoms with Crippen molar-refractivity contribution >= 4 is 44.7 Å². The van der Waals surface area contributed by atoms with Crippen LogP contribution in [0.15, 0.2) is 30.3 Å². The molecule has 0 saturated carbocycles. The van der Waals surface area contributed by atoms with Gasteiger partial charge < -0.3 is 15.6 Å². The van der Waals surface area contributed by atoms with E-state index in [0.29, 0.717) is 5.56 Å². The van der Waals surface area contributed by atoms with Gasteiger partial charge in [-0.15, -0.1) is 0 Å². The minimum atomic E-state index is -4.05. The molecule has 3 rings (SSSR count). The summed E-state index contributed by atoms with van der Waals surface area (Å²) in [7, 11) is -4.05. The summed E-state index contributed by atoms with van der Waals surface area (Å²) in [5.74, 6) is -1.14. The molecule has 1 aliphatic heterocycles. The number of aliphatic hydroxyl groups excluding tert-OH is 1. The molecule has 2 heterocycles. The molecule has 13 heteroatoms. The molecule has 1 aliphatic rings. The topological polar surface area (TPSA) is 154 Å². The number of nitrogens with zero attached hydrogens (tertiary/aromatic N) is 3. The molecule has 2 amide bonds. The van der Waals surface area contributed by atoms with Gasteiger partial charge in [0.2, 0.25) is 0 Å². The normalized spacial score (nSPS) is 18.4. The molecular formula is C21H27IN4O7S. The second kappa shape index (κ2) is 9.79. The first-order chi connectivity index (χ1) is 15.8. The third-order valence-corrected chi connectivity index (χ3v) is 7.02. The van der Waals surface area contributed by atoms with Gasteiger partial charge in [-0.2, -0.15) is 13.5 Å². The molecule has 0 aliphatic carbocycles. The van der Waals surface area contributed by atoms with Crippen LogP contribution >= 0.6 is 22.6 Å². The van der Waals surface area contributed by atoms with Gasteiger partial charge in [0.25, 0.3) is 16.0 Å². The molecule has 0 saturated heterocycles. The molecule has 2 aromatic rings. The lowest BCUT2D eigenvalue weighted by Gasteiger charge is -2.42. The number of carbonyl (C=O) groups excluding carboxylic acids is 2. The van der Waals surface area contributed by atoms with Crippen LogP contribution in [0, 0.1) is 3.70 Å². The first-order valence-corrected chi connectivity index (χ1v) is 13.0. The number of nitrogens with two attached hydrogens (primary N) is 1. The number of primary amides is 1. The minimum Gasteiger partial charge on any atom is -0.444 e. The number of rotatable bonds is 7. The third-order valence-electron chi connectivity index (χ3n) is 5.10. The minimum absolute atomic E-state index is 0.0678. The average molecular weight is 606 g/mol. The lowest BCUT2D eigenvalue weighted by Crippen LogP contribution is -2.58. The summed E-state index contributed by atoms with van der Waals surface area (Å²) in [6.07, 6.45) is -0.699. The van der Waals surface area contributed by atoms with E-state index >= 15 is 0 Å². The third kappa shape index (κ3) is 5.87. The summed E-state index contributed by atoms with van der Waals surface area (Å²) in [6.45, 7) is 3.72. The Hall–Kier alpha value is -2.23. The molecule has 186 valence electrons. The van der Waals surface area contributed by atoms with Crippen LogP contribution in [0.3, 0.4) is 0 Å². The van der Waals surface area contributed by atoms with Gasteiger partial charge in [0.15, 0.2) is 0 Å². The van der Waals surface area contributed by atoms with Crippen molar-refractivity contribution < 1.29 is 32.0 Å². The molecular weight excluding hydrogens is 579 g/mol. The van der Waals surface area contributed by atoms with E-state index < -0.39 is 46.5 Å². The van der Waals surface area contributed by atoms with Gasteiger partial charge in [-0.25, -0.2) is 4.79 Å². The van der Waals surface area contributed by atoms with Gasteiger partial charge in [-0.3, -0.25) is 18.6 Å². The van der Waals surface area contributed by atoms with E-state index in [1.54, 1.807) is 51.1 Å². The first-order valence-electron chi connectivity index (χ1n) is 10.3. The Bertz CT molecular complexity index is 1180. The number of aliphatic hydroxyl groups is 1. The lowest BCUT2D eigenvalue weighted by molar-refractivity contribution is -0.0184. The van der Waals surface area contributed by atoms with E-state index in [4.69, 9.17) is 14.7 Å². The zero-order chi connectivity index (χ0) is 25.3. The van der Waals surface area contributed by atoms with Gasteiger partial charge >= 0.3 is 6.09 Å². The van der Waals surface area contributed by atoms with E-state index in [2.05, 4.69) is 5.10 Å². The number of aromatic nitrogens is 2. The van der Waals surface area contributed by atoms with Gasteiger partial charge in [0.05, 0.1) is 37.6 Å². The van der Waals surface area contributed by atoms with Crippen LogP contribution in [0.25, 0.3) is 0 Å². The number of ether oxygens (including phenoxy) is 1. The van der Waals surface area contributed by atoms with Crippen LogP contribution in [0.2, 0.25) is 0 Å². The van der Waals surface area contributed by atoms with Crippen molar-refractivity contribution in [3.8, 4) is 0 Å². The molecule has 0 spiro atoms. The Morgan fingerprint density at radius 3 is 2.47 bits per heavy atom. The summed E-state index contributed by atoms with van der Waals surface area (Å²) in [6, 6.07) is 8.50. The highest BCUT2D eigenvalue weighted by Crippen LogP contribution is 2.32. The van der Waals surface area contributed by atoms with Crippen LogP contribution in [0.5, 0.6) is 0 Å². The Morgan fingerprint density at radius 1 is 1.26 bits per heavy atom. The molecule has 1 unspecified atom stereocenters. The highest BCUT2D eigenvalue weighted by Gasteiger charge is 2.46. The summed E-state index contributed by atoms with van der Waals surface area (Å²) >= 11 is 1.83. The number of hydrogen-bond acceptors (Lipinski definition) is 8. The number of amides is 2. The van der Waals surface area contributed by atoms with Crippen molar-refractivity contribution in [1.29, 1.82) is 0 Å². The quantitative estimate of drug-likeness (QED) is 0.356. The fraction of sp³-hybridized carbons (Fsp3) is 0.476. The lowest BCUT2D eigenvalue weighted by atomic mass is 9.97. The maximum Gasteiger partial charge on any atom is 0.410 e. The SMILES string of the molecule is CC(C)(C)OC(=O)N1Cc2c(C(N)=O)c(I)nn2C(CO)(COS(=O)(=O)Cc2ccccc2)C1. The highest BCUT2D eigenvalue weighted by atomic mass is 127. The van der Waals surface area contributed by atoms with Crippen LogP contribution in [0.1, 0.15) is 42.4 Å². The number of benzene rings is 1. The molecule has 1 atom stereocenters. The van der Waals surface area contributed by atoms with Gasteiger partial charge in [0.1, 0.15) is 20.6 Å². The van der Waals surface area contributed by atoms with Gasteiger partial charge in [-0.1, -0.05) is 30.3 Å². The van der Waals surface area contributed by atoms with Crippen LogP contribution < -0.4 is 5.73 Å². The summed E-state index contributed by atoms with van der Waals surface area (Å²) < 4.78 is 37.7. The Morgan fingerprint density at radius 2 is 1.91 bits per heavy atom.